The maximum Gasteiger partial charge on any atom is 0.179 e. The van der Waals surface area contributed by atoms with Gasteiger partial charge in [0.05, 0.1) is 5.02 Å². The van der Waals surface area contributed by atoms with Crippen LogP contribution in [0, 0.1) is 0 Å². The summed E-state index contributed by atoms with van der Waals surface area (Å²) in [5.74, 6) is 1.36. The summed E-state index contributed by atoms with van der Waals surface area (Å²) in [4.78, 5) is 0. The van der Waals surface area contributed by atoms with Crippen LogP contribution in [0.1, 0.15) is 24.1 Å². The lowest BCUT2D eigenvalue weighted by molar-refractivity contribution is 0.171. The molecule has 0 fully saturated rings. The summed E-state index contributed by atoms with van der Waals surface area (Å²) in [6.07, 6.45) is 0. The summed E-state index contributed by atoms with van der Waals surface area (Å²) in [5.41, 5.74) is 2.25. The van der Waals surface area contributed by atoms with Crippen LogP contribution in [0.25, 0.3) is 0 Å². The zero-order valence-corrected chi connectivity index (χ0v) is 13.7. The van der Waals surface area contributed by atoms with Gasteiger partial charge in [0.1, 0.15) is 13.2 Å². The third-order valence-corrected chi connectivity index (χ3v) is 4.17. The Morgan fingerprint density at radius 3 is 2.59 bits per heavy atom. The van der Waals surface area contributed by atoms with E-state index in [0.29, 0.717) is 30.5 Å². The van der Waals surface area contributed by atoms with Gasteiger partial charge in [0.25, 0.3) is 0 Å². The molecule has 0 aromatic heterocycles. The van der Waals surface area contributed by atoms with Gasteiger partial charge in [0.2, 0.25) is 0 Å². The quantitative estimate of drug-likeness (QED) is 0.883. The highest BCUT2D eigenvalue weighted by Crippen LogP contribution is 2.38. The maximum absolute atomic E-state index is 6.25. The van der Waals surface area contributed by atoms with Crippen LogP contribution in [-0.4, -0.2) is 13.2 Å². The highest BCUT2D eigenvalue weighted by Gasteiger charge is 2.16. The van der Waals surface area contributed by atoms with Crippen LogP contribution in [0.3, 0.4) is 0 Å². The lowest BCUT2D eigenvalue weighted by Crippen LogP contribution is -2.19. The fraction of sp³-hybridized carbons (Fsp3) is 0.294. The van der Waals surface area contributed by atoms with Gasteiger partial charge in [-0.25, -0.2) is 0 Å². The zero-order valence-electron chi connectivity index (χ0n) is 12.2. The number of halogens is 2. The maximum atomic E-state index is 6.25. The lowest BCUT2D eigenvalue weighted by Gasteiger charge is -2.21. The average Bonchev–Trinajstić information content (AvgIpc) is 2.53. The zero-order chi connectivity index (χ0) is 15.5. The number of rotatable bonds is 4. The number of benzene rings is 2. The summed E-state index contributed by atoms with van der Waals surface area (Å²) >= 11 is 12.2. The molecular formula is C17H17Cl2NO2. The fourth-order valence-electron chi connectivity index (χ4n) is 2.41. The molecule has 3 rings (SSSR count). The van der Waals surface area contributed by atoms with Gasteiger partial charge >= 0.3 is 0 Å². The largest absolute Gasteiger partial charge is 0.486 e. The van der Waals surface area contributed by atoms with Gasteiger partial charge in [-0.15, -0.1) is 0 Å². The fourth-order valence-corrected chi connectivity index (χ4v) is 2.82. The van der Waals surface area contributed by atoms with E-state index in [2.05, 4.69) is 12.2 Å². The summed E-state index contributed by atoms with van der Waals surface area (Å²) in [6, 6.07) is 11.9. The van der Waals surface area contributed by atoms with E-state index in [1.165, 1.54) is 5.56 Å². The first-order chi connectivity index (χ1) is 10.6. The van der Waals surface area contributed by atoms with Crippen molar-refractivity contribution in [1.82, 2.24) is 5.32 Å². The molecule has 0 bridgehead atoms. The second kappa shape index (κ2) is 6.78. The normalized spacial score (nSPS) is 14.7. The van der Waals surface area contributed by atoms with E-state index in [4.69, 9.17) is 32.7 Å². The smallest absolute Gasteiger partial charge is 0.179 e. The minimum atomic E-state index is 0.212. The minimum Gasteiger partial charge on any atom is -0.486 e. The van der Waals surface area contributed by atoms with Crippen LogP contribution in [0.4, 0.5) is 0 Å². The molecule has 0 radical (unpaired) electrons. The van der Waals surface area contributed by atoms with Crippen molar-refractivity contribution in [2.75, 3.05) is 13.2 Å². The van der Waals surface area contributed by atoms with E-state index in [0.717, 1.165) is 16.3 Å². The molecule has 0 amide bonds. The topological polar surface area (TPSA) is 30.5 Å². The van der Waals surface area contributed by atoms with Crippen molar-refractivity contribution in [2.24, 2.45) is 0 Å². The van der Waals surface area contributed by atoms with Crippen LogP contribution < -0.4 is 14.8 Å². The van der Waals surface area contributed by atoms with E-state index in [1.807, 2.05) is 36.4 Å². The van der Waals surface area contributed by atoms with Crippen molar-refractivity contribution >= 4 is 23.2 Å². The summed E-state index contributed by atoms with van der Waals surface area (Å²) in [7, 11) is 0. The Labute approximate surface area is 140 Å². The SMILES string of the molecule is CC(NCc1cc(Cl)c2c(c1)OCCO2)c1ccc(Cl)cc1. The monoisotopic (exact) mass is 337 g/mol. The summed E-state index contributed by atoms with van der Waals surface area (Å²) in [6.45, 7) is 3.91. The average molecular weight is 338 g/mol. The van der Waals surface area contributed by atoms with Crippen LogP contribution in [0.15, 0.2) is 36.4 Å². The van der Waals surface area contributed by atoms with Gasteiger partial charge in [0.15, 0.2) is 11.5 Å². The van der Waals surface area contributed by atoms with Gasteiger partial charge < -0.3 is 14.8 Å². The van der Waals surface area contributed by atoms with Crippen LogP contribution >= 0.6 is 23.2 Å². The number of hydrogen-bond donors (Lipinski definition) is 1. The Hall–Kier alpha value is -1.42. The second-order valence-corrected chi connectivity index (χ2v) is 6.10. The van der Waals surface area contributed by atoms with E-state index in [1.54, 1.807) is 0 Å². The molecule has 2 aromatic carbocycles. The van der Waals surface area contributed by atoms with Crippen molar-refractivity contribution in [3.8, 4) is 11.5 Å². The molecule has 1 atom stereocenters. The molecular weight excluding hydrogens is 321 g/mol. The van der Waals surface area contributed by atoms with Crippen LogP contribution in [0.2, 0.25) is 10.0 Å². The van der Waals surface area contributed by atoms with E-state index in [-0.39, 0.29) is 6.04 Å². The van der Waals surface area contributed by atoms with Crippen molar-refractivity contribution in [2.45, 2.75) is 19.5 Å². The molecule has 1 aliphatic heterocycles. The van der Waals surface area contributed by atoms with Crippen molar-refractivity contribution in [1.29, 1.82) is 0 Å². The molecule has 116 valence electrons. The molecule has 0 saturated heterocycles. The molecule has 0 spiro atoms. The van der Waals surface area contributed by atoms with E-state index < -0.39 is 0 Å². The van der Waals surface area contributed by atoms with Crippen molar-refractivity contribution in [3.63, 3.8) is 0 Å². The first-order valence-corrected chi connectivity index (χ1v) is 7.96. The first-order valence-electron chi connectivity index (χ1n) is 7.20. The second-order valence-electron chi connectivity index (χ2n) is 5.26. The first kappa shape index (κ1) is 15.5. The highest BCUT2D eigenvalue weighted by atomic mass is 35.5. The van der Waals surface area contributed by atoms with Gasteiger partial charge in [-0.3, -0.25) is 0 Å². The van der Waals surface area contributed by atoms with Gasteiger partial charge in [-0.1, -0.05) is 35.3 Å². The van der Waals surface area contributed by atoms with Crippen LogP contribution in [-0.2, 0) is 6.54 Å². The molecule has 2 aromatic rings. The predicted molar refractivity (Wildman–Crippen MR) is 89.1 cm³/mol. The Kier molecular flexibility index (Phi) is 4.77. The van der Waals surface area contributed by atoms with E-state index in [9.17, 15) is 0 Å². The lowest BCUT2D eigenvalue weighted by atomic mass is 10.1. The molecule has 3 nitrogen and oxygen atoms in total. The Balaban J connectivity index is 1.68. The van der Waals surface area contributed by atoms with Gasteiger partial charge in [-0.05, 0) is 42.3 Å². The Morgan fingerprint density at radius 1 is 1.09 bits per heavy atom. The van der Waals surface area contributed by atoms with Crippen LogP contribution in [0.5, 0.6) is 11.5 Å². The summed E-state index contributed by atoms with van der Waals surface area (Å²) in [5, 5.41) is 4.81. The molecule has 5 heteroatoms. The third kappa shape index (κ3) is 3.49. The molecule has 0 saturated carbocycles. The number of ether oxygens (including phenoxy) is 2. The third-order valence-electron chi connectivity index (χ3n) is 3.64. The minimum absolute atomic E-state index is 0.212. The molecule has 1 aliphatic rings. The van der Waals surface area contributed by atoms with E-state index >= 15 is 0 Å². The molecule has 0 aliphatic carbocycles. The molecule has 1 heterocycles. The molecule has 1 unspecified atom stereocenters. The van der Waals surface area contributed by atoms with Crippen molar-refractivity contribution in [3.05, 3.63) is 57.6 Å². The number of fused-ring (bicyclic) bond motifs is 1. The number of hydrogen-bond acceptors (Lipinski definition) is 3. The molecule has 1 N–H and O–H groups in total. The Morgan fingerprint density at radius 2 is 1.82 bits per heavy atom. The van der Waals surface area contributed by atoms with Crippen molar-refractivity contribution < 1.29 is 9.47 Å². The highest BCUT2D eigenvalue weighted by molar-refractivity contribution is 6.32. The van der Waals surface area contributed by atoms with Gasteiger partial charge in [-0.2, -0.15) is 0 Å². The van der Waals surface area contributed by atoms with Gasteiger partial charge in [0, 0.05) is 17.6 Å². The predicted octanol–water partition coefficient (Wildman–Crippen LogP) is 4.62. The standard InChI is InChI=1S/C17H17Cl2NO2/c1-11(13-2-4-14(18)5-3-13)20-10-12-8-15(19)17-16(9-12)21-6-7-22-17/h2-5,8-9,11,20H,6-7,10H2,1H3. The summed E-state index contributed by atoms with van der Waals surface area (Å²) < 4.78 is 11.1. The number of nitrogens with one attached hydrogen (secondary N) is 1. The molecule has 22 heavy (non-hydrogen) atoms. The Bertz CT molecular complexity index is 658.